The van der Waals surface area contributed by atoms with Crippen molar-refractivity contribution in [1.29, 1.82) is 0 Å². The van der Waals surface area contributed by atoms with Crippen molar-refractivity contribution >= 4 is 5.97 Å². The minimum atomic E-state index is -1.32. The third kappa shape index (κ3) is 3.91. The average molecular weight is 398 g/mol. The van der Waals surface area contributed by atoms with E-state index in [9.17, 15) is 9.90 Å². The standard InChI is InChI=1S/C18H21NO2.C2H6.Rb/c1-5-9-14-12(7-3)11-16-13(8-4)15(10-6-2)18(14,19-16)17(20)21;1-2;/h5-10,16,19H,3-4,11H2,1-2H3,(H,20,21);1-2H3;/q;;+1/p-1/b9-5-,10-6-;;. The first-order valence-electron chi connectivity index (χ1n) is 8.04. The van der Waals surface area contributed by atoms with Crippen LogP contribution in [-0.2, 0) is 4.79 Å². The van der Waals surface area contributed by atoms with Crippen molar-refractivity contribution < 1.29 is 68.1 Å². The molecule has 24 heavy (non-hydrogen) atoms. The zero-order chi connectivity index (χ0) is 17.6. The second kappa shape index (κ2) is 10.6. The van der Waals surface area contributed by atoms with Crippen molar-refractivity contribution in [2.24, 2.45) is 0 Å². The normalized spacial score (nSPS) is 25.4. The fourth-order valence-corrected chi connectivity index (χ4v) is 3.29. The average Bonchev–Trinajstić information content (AvgIpc) is 2.82. The van der Waals surface area contributed by atoms with E-state index in [4.69, 9.17) is 0 Å². The van der Waals surface area contributed by atoms with Gasteiger partial charge in [0.05, 0.1) is 5.97 Å². The summed E-state index contributed by atoms with van der Waals surface area (Å²) in [6.07, 6.45) is 11.5. The fourth-order valence-electron chi connectivity index (χ4n) is 3.29. The molecule has 0 spiro atoms. The Balaban J connectivity index is 0.00000170. The van der Waals surface area contributed by atoms with Crippen LogP contribution in [0.2, 0.25) is 0 Å². The summed E-state index contributed by atoms with van der Waals surface area (Å²) in [4.78, 5) is 12.0. The van der Waals surface area contributed by atoms with Crippen molar-refractivity contribution in [3.8, 4) is 0 Å². The van der Waals surface area contributed by atoms with Crippen LogP contribution in [0.4, 0.5) is 0 Å². The molecular weight excluding hydrogens is 372 g/mol. The van der Waals surface area contributed by atoms with Crippen LogP contribution < -0.4 is 68.6 Å². The second-order valence-corrected chi connectivity index (χ2v) is 5.15. The van der Waals surface area contributed by atoms with Gasteiger partial charge in [0.1, 0.15) is 5.54 Å². The van der Waals surface area contributed by atoms with Crippen molar-refractivity contribution in [1.82, 2.24) is 5.32 Å². The van der Waals surface area contributed by atoms with E-state index in [0.717, 1.165) is 11.1 Å². The Morgan fingerprint density at radius 2 is 1.71 bits per heavy atom. The van der Waals surface area contributed by atoms with Crippen LogP contribution in [0.15, 0.2) is 71.9 Å². The Hall–Kier alpha value is -0.325. The van der Waals surface area contributed by atoms with E-state index in [1.54, 1.807) is 12.2 Å². The zero-order valence-electron chi connectivity index (χ0n) is 15.5. The van der Waals surface area contributed by atoms with E-state index >= 15 is 0 Å². The maximum Gasteiger partial charge on any atom is 1.00 e. The first kappa shape index (κ1) is 23.7. The molecule has 2 heterocycles. The number of carboxylic acids is 1. The van der Waals surface area contributed by atoms with Gasteiger partial charge in [0.2, 0.25) is 0 Å². The van der Waals surface area contributed by atoms with Gasteiger partial charge in [-0.1, -0.05) is 63.5 Å². The zero-order valence-corrected chi connectivity index (χ0v) is 20.4. The van der Waals surface area contributed by atoms with Gasteiger partial charge in [-0.2, -0.15) is 0 Å². The first-order chi connectivity index (χ1) is 11.1. The summed E-state index contributed by atoms with van der Waals surface area (Å²) in [6.45, 7) is 15.4. The predicted octanol–water partition coefficient (Wildman–Crippen LogP) is -0.00180. The molecule has 2 aliphatic rings. The minimum absolute atomic E-state index is 0. The van der Waals surface area contributed by atoms with E-state index in [1.165, 1.54) is 0 Å². The number of carbonyl (C=O) groups is 1. The van der Waals surface area contributed by atoms with Crippen molar-refractivity contribution in [3.05, 3.63) is 71.9 Å². The number of carboxylic acid groups (broad SMARTS) is 1. The molecule has 4 heteroatoms. The maximum atomic E-state index is 12.0. The molecule has 0 aromatic rings. The molecule has 2 bridgehead atoms. The number of nitrogens with one attached hydrogen (secondary N) is 1. The van der Waals surface area contributed by atoms with Gasteiger partial charge in [-0.3, -0.25) is 5.32 Å². The number of aliphatic carboxylic acids is 1. The van der Waals surface area contributed by atoms with Crippen LogP contribution in [0, 0.1) is 0 Å². The topological polar surface area (TPSA) is 52.2 Å². The van der Waals surface area contributed by atoms with Gasteiger partial charge in [0.25, 0.3) is 0 Å². The van der Waals surface area contributed by atoms with Crippen molar-refractivity contribution in [3.63, 3.8) is 0 Å². The molecule has 124 valence electrons. The molecule has 0 amide bonds. The number of hydrogen-bond acceptors (Lipinski definition) is 3. The quantitative estimate of drug-likeness (QED) is 0.710. The van der Waals surface area contributed by atoms with Crippen LogP contribution in [0.1, 0.15) is 34.1 Å². The third-order valence-corrected chi connectivity index (χ3v) is 4.09. The number of carbonyl (C=O) groups excluding carboxylic acids is 1. The Morgan fingerprint density at radius 1 is 1.17 bits per heavy atom. The third-order valence-electron chi connectivity index (χ3n) is 4.09. The molecule has 0 saturated heterocycles. The Kier molecular flexibility index (Phi) is 10.5. The first-order valence-corrected chi connectivity index (χ1v) is 8.04. The molecule has 2 atom stereocenters. The predicted molar refractivity (Wildman–Crippen MR) is 94.7 cm³/mol. The van der Waals surface area contributed by atoms with E-state index in [1.807, 2.05) is 52.0 Å². The summed E-state index contributed by atoms with van der Waals surface area (Å²) in [5.74, 6) is -1.15. The van der Waals surface area contributed by atoms with Crippen LogP contribution >= 0.6 is 0 Å². The Bertz CT molecular complexity index is 610. The minimum Gasteiger partial charge on any atom is -0.547 e. The van der Waals surface area contributed by atoms with Crippen LogP contribution in [0.3, 0.4) is 0 Å². The van der Waals surface area contributed by atoms with Gasteiger partial charge in [0, 0.05) is 6.04 Å². The molecule has 0 fully saturated rings. The van der Waals surface area contributed by atoms with E-state index < -0.39 is 11.5 Å². The molecular formula is C20H26NO2Rb. The molecule has 0 saturated carbocycles. The molecule has 0 aromatic heterocycles. The molecule has 0 aromatic carbocycles. The SMILES string of the molecule is C=CC1=C(/C=C\C)C2(C(=O)[O-])NC(C1)C(C=C)=C2/C=C\C.CC.[Rb+]. The van der Waals surface area contributed by atoms with Gasteiger partial charge in [-0.05, 0) is 42.6 Å². The van der Waals surface area contributed by atoms with E-state index in [-0.39, 0.29) is 64.2 Å². The molecule has 1 N–H and O–H groups in total. The summed E-state index contributed by atoms with van der Waals surface area (Å²) in [5.41, 5.74) is 1.92. The van der Waals surface area contributed by atoms with Crippen LogP contribution in [-0.4, -0.2) is 17.6 Å². The largest absolute Gasteiger partial charge is 1.00 e. The number of allylic oxidation sites excluding steroid dienone is 3. The number of rotatable bonds is 5. The van der Waals surface area contributed by atoms with E-state index in [2.05, 4.69) is 18.5 Å². The van der Waals surface area contributed by atoms with Crippen molar-refractivity contribution in [2.45, 2.75) is 45.7 Å². The van der Waals surface area contributed by atoms with Crippen LogP contribution in [0.5, 0.6) is 0 Å². The number of hydrogen-bond donors (Lipinski definition) is 1. The van der Waals surface area contributed by atoms with Gasteiger partial charge >= 0.3 is 58.2 Å². The van der Waals surface area contributed by atoms with Gasteiger partial charge < -0.3 is 9.90 Å². The molecule has 0 radical (unpaired) electrons. The molecule has 2 aliphatic heterocycles. The second-order valence-electron chi connectivity index (χ2n) is 5.15. The summed E-state index contributed by atoms with van der Waals surface area (Å²) in [5, 5.41) is 15.3. The van der Waals surface area contributed by atoms with Gasteiger partial charge in [0.15, 0.2) is 0 Å². The number of fused-ring (bicyclic) bond motifs is 2. The summed E-state index contributed by atoms with van der Waals surface area (Å²) in [7, 11) is 0. The molecule has 0 aliphatic carbocycles. The van der Waals surface area contributed by atoms with Crippen molar-refractivity contribution in [2.75, 3.05) is 0 Å². The van der Waals surface area contributed by atoms with Gasteiger partial charge in [-0.15, -0.1) is 0 Å². The summed E-state index contributed by atoms with van der Waals surface area (Å²) >= 11 is 0. The van der Waals surface area contributed by atoms with E-state index in [0.29, 0.717) is 17.6 Å². The summed E-state index contributed by atoms with van der Waals surface area (Å²) in [6, 6.07) is -0.0754. The monoisotopic (exact) mass is 397 g/mol. The van der Waals surface area contributed by atoms with Gasteiger partial charge in [-0.25, -0.2) is 0 Å². The van der Waals surface area contributed by atoms with Crippen LogP contribution in [0.25, 0.3) is 0 Å². The Morgan fingerprint density at radius 3 is 2.12 bits per heavy atom. The molecule has 3 nitrogen and oxygen atoms in total. The smallest absolute Gasteiger partial charge is 0.547 e. The molecule has 2 rings (SSSR count). The summed E-state index contributed by atoms with van der Waals surface area (Å²) < 4.78 is 0. The molecule has 2 unspecified atom stereocenters. The fraction of sp³-hybridized carbons (Fsp3) is 0.350. The Labute approximate surface area is 194 Å². The maximum absolute atomic E-state index is 12.0.